The summed E-state index contributed by atoms with van der Waals surface area (Å²) in [6, 6.07) is 1.12. The minimum atomic E-state index is -4.17. The van der Waals surface area contributed by atoms with E-state index in [9.17, 15) is 19.0 Å². The van der Waals surface area contributed by atoms with Gasteiger partial charge in [-0.25, -0.2) is 24.3 Å². The number of nitrogens with one attached hydrogen (secondary N) is 1. The molecule has 0 spiro atoms. The first kappa shape index (κ1) is 31.9. The number of aromatic nitrogens is 6. The first-order chi connectivity index (χ1) is 21.0. The first-order valence-electron chi connectivity index (χ1n) is 12.9. The van der Waals surface area contributed by atoms with Crippen LogP contribution in [0.2, 0.25) is 0 Å². The van der Waals surface area contributed by atoms with Gasteiger partial charge in [-0.15, -0.1) is 0 Å². The largest absolute Gasteiger partial charge is 0.416 e. The van der Waals surface area contributed by atoms with E-state index >= 15 is 0 Å². The van der Waals surface area contributed by atoms with Crippen molar-refractivity contribution >= 4 is 54.0 Å². The van der Waals surface area contributed by atoms with E-state index in [1.54, 1.807) is 4.57 Å². The third-order valence-electron chi connectivity index (χ3n) is 7.00. The number of anilines is 1. The highest BCUT2D eigenvalue weighted by molar-refractivity contribution is 8.52. The predicted octanol–water partition coefficient (Wildman–Crippen LogP) is 0.595. The van der Waals surface area contributed by atoms with Gasteiger partial charge >= 0.3 is 19.2 Å². The van der Waals surface area contributed by atoms with Crippen LogP contribution in [0.1, 0.15) is 18.9 Å². The summed E-state index contributed by atoms with van der Waals surface area (Å²) in [5.41, 5.74) is 5.19. The number of imidazole rings is 1. The molecule has 3 fully saturated rings. The molecule has 0 aromatic carbocycles. The van der Waals surface area contributed by atoms with Crippen LogP contribution in [0, 0.1) is 0 Å². The number of H-pyrrole nitrogens is 1. The molecule has 6 rings (SSSR count). The Balaban J connectivity index is 1.34. The number of nitrogen functional groups attached to an aromatic ring is 1. The van der Waals surface area contributed by atoms with Crippen molar-refractivity contribution in [3.8, 4) is 0 Å². The summed E-state index contributed by atoms with van der Waals surface area (Å²) in [6.07, 6.45) is -3.13. The number of ether oxygens (including phenoxy) is 3. The molecule has 0 saturated carbocycles. The van der Waals surface area contributed by atoms with Crippen LogP contribution in [0.4, 0.5) is 5.82 Å². The quantitative estimate of drug-likeness (QED) is 0.245. The lowest BCUT2D eigenvalue weighted by Gasteiger charge is -2.28. The molecule has 3 aliphatic rings. The SMILES string of the molecule is COSP1(=O)OC[C@H]2O[C@@H](n3cnc4c(N)ncnc43)[C@H](OC)[C@@H]2OP(O)(=S)OC[C@@H]2C[C@@H](O1)[C@H](n1ccc(=O)[nH]c1=O)O2. The number of methoxy groups -OCH3 is 1. The lowest BCUT2D eigenvalue weighted by Crippen LogP contribution is -2.37. The fourth-order valence-electron chi connectivity index (χ4n) is 5.14. The summed E-state index contributed by atoms with van der Waals surface area (Å²) in [6.45, 7) is -8.88. The summed E-state index contributed by atoms with van der Waals surface area (Å²) in [5, 5.41) is 0. The zero-order valence-corrected chi connectivity index (χ0v) is 26.4. The van der Waals surface area contributed by atoms with Crippen LogP contribution >= 0.6 is 25.2 Å². The Morgan fingerprint density at radius 1 is 1.11 bits per heavy atom. The zero-order chi connectivity index (χ0) is 31.2. The second-order valence-electron chi connectivity index (χ2n) is 9.71. The van der Waals surface area contributed by atoms with Crippen molar-refractivity contribution in [1.29, 1.82) is 0 Å². The highest BCUT2D eigenvalue weighted by Crippen LogP contribution is 2.64. The summed E-state index contributed by atoms with van der Waals surface area (Å²) in [4.78, 5) is 49.9. The predicted molar refractivity (Wildman–Crippen MR) is 155 cm³/mol. The molecule has 4 N–H and O–H groups in total. The van der Waals surface area contributed by atoms with Crippen LogP contribution < -0.4 is 17.0 Å². The van der Waals surface area contributed by atoms with Gasteiger partial charge in [-0.05, 0) is 11.8 Å². The van der Waals surface area contributed by atoms with Crippen molar-refractivity contribution in [2.45, 2.75) is 49.4 Å². The van der Waals surface area contributed by atoms with Crippen LogP contribution in [0.3, 0.4) is 0 Å². The Morgan fingerprint density at radius 3 is 2.68 bits per heavy atom. The van der Waals surface area contributed by atoms with Crippen LogP contribution in [0.25, 0.3) is 11.2 Å². The van der Waals surface area contributed by atoms with E-state index in [-0.39, 0.29) is 18.8 Å². The van der Waals surface area contributed by atoms with Gasteiger partial charge in [0.05, 0.1) is 32.8 Å². The molecule has 0 radical (unpaired) electrons. The Morgan fingerprint density at radius 2 is 1.93 bits per heavy atom. The van der Waals surface area contributed by atoms with Gasteiger partial charge < -0.3 is 33.5 Å². The van der Waals surface area contributed by atoms with Crippen molar-refractivity contribution in [2.24, 2.45) is 0 Å². The molecule has 0 amide bonds. The zero-order valence-electron chi connectivity index (χ0n) is 22.9. The Kier molecular flexibility index (Phi) is 9.12. The van der Waals surface area contributed by atoms with Gasteiger partial charge in [0.15, 0.2) is 23.9 Å². The topological polar surface area (TPSA) is 236 Å². The van der Waals surface area contributed by atoms with Gasteiger partial charge in [-0.1, -0.05) is 0 Å². The van der Waals surface area contributed by atoms with Gasteiger partial charge in [0.1, 0.15) is 47.9 Å². The highest BCUT2D eigenvalue weighted by Gasteiger charge is 2.52. The van der Waals surface area contributed by atoms with Crippen molar-refractivity contribution in [3.05, 3.63) is 45.8 Å². The van der Waals surface area contributed by atoms with Gasteiger partial charge in [-0.2, -0.15) is 0 Å². The molecule has 3 saturated heterocycles. The summed E-state index contributed by atoms with van der Waals surface area (Å²) in [7, 11) is 2.68. The van der Waals surface area contributed by atoms with E-state index in [0.717, 1.165) is 10.6 Å². The smallest absolute Gasteiger partial charge is 0.382 e. The average Bonchev–Trinajstić information content (AvgIpc) is 3.66. The molecule has 3 aromatic heterocycles. The van der Waals surface area contributed by atoms with Gasteiger partial charge in [-0.3, -0.25) is 32.5 Å². The number of hydrogen-bond acceptors (Lipinski definition) is 17. The maximum Gasteiger partial charge on any atom is 0.416 e. The molecule has 6 heterocycles. The summed E-state index contributed by atoms with van der Waals surface area (Å²) >= 11 is 5.77. The molecular formula is C21H27N7O12P2S2. The molecule has 44 heavy (non-hydrogen) atoms. The first-order valence-corrected chi connectivity index (χ1v) is 18.4. The number of rotatable bonds is 5. The Hall–Kier alpha value is -2.10. The Labute approximate surface area is 257 Å². The van der Waals surface area contributed by atoms with Crippen molar-refractivity contribution < 1.29 is 45.9 Å². The molecule has 23 heteroatoms. The van der Waals surface area contributed by atoms with E-state index in [2.05, 4.69) is 19.9 Å². The molecule has 9 atom stereocenters. The highest BCUT2D eigenvalue weighted by atomic mass is 32.7. The van der Waals surface area contributed by atoms with Crippen molar-refractivity contribution in [3.63, 3.8) is 0 Å². The van der Waals surface area contributed by atoms with E-state index in [0.29, 0.717) is 22.8 Å². The minimum absolute atomic E-state index is 0.0357. The number of nitrogens with two attached hydrogens (primary N) is 1. The lowest BCUT2D eigenvalue weighted by molar-refractivity contribution is -0.0617. The van der Waals surface area contributed by atoms with Gasteiger partial charge in [0.2, 0.25) is 0 Å². The van der Waals surface area contributed by atoms with Gasteiger partial charge in [0.25, 0.3) is 5.56 Å². The number of hydrogen-bond donors (Lipinski definition) is 3. The monoisotopic (exact) mass is 695 g/mol. The normalized spacial score (nSPS) is 36.4. The summed E-state index contributed by atoms with van der Waals surface area (Å²) < 4.78 is 63.0. The molecular weight excluding hydrogens is 668 g/mol. The number of fused-ring (bicyclic) bond motifs is 4. The van der Waals surface area contributed by atoms with E-state index in [1.165, 1.54) is 33.1 Å². The lowest BCUT2D eigenvalue weighted by atomic mass is 10.1. The van der Waals surface area contributed by atoms with Crippen LogP contribution in [-0.2, 0) is 52.9 Å². The van der Waals surface area contributed by atoms with Crippen LogP contribution in [0.5, 0.6) is 0 Å². The average molecular weight is 696 g/mol. The second-order valence-corrected chi connectivity index (χ2v) is 16.1. The van der Waals surface area contributed by atoms with Gasteiger partial charge in [0, 0.05) is 25.8 Å². The third kappa shape index (κ3) is 6.30. The van der Waals surface area contributed by atoms with E-state index in [1.807, 2.05) is 0 Å². The standard InChI is InChI=1S/C21H27N7O12P2S2/c1-33-16-15-12(38-20(16)28-9-25-14-17(22)23-8-24-18(14)28)7-36-42(32,44-34-2)39-11-5-10(6-35-41(31,43)40-15)37-19(11)27-4-3-13(29)26-21(27)30/h3-4,8-12,15-16,19-20H,5-7H2,1-2H3,(H,31,43)(H2,22,23,24)(H,26,29,30)/t10-,11+,12+,15+,16+,19+,20+,41?,42?/m0/s1. The fraction of sp³-hybridized carbons (Fsp3) is 0.571. The molecule has 240 valence electrons. The van der Waals surface area contributed by atoms with E-state index < -0.39 is 74.3 Å². The molecule has 0 aliphatic carbocycles. The second kappa shape index (κ2) is 12.6. The Bertz CT molecular complexity index is 1740. The maximum atomic E-state index is 14.0. The van der Waals surface area contributed by atoms with Crippen LogP contribution in [0.15, 0.2) is 34.5 Å². The molecule has 3 aliphatic heterocycles. The van der Waals surface area contributed by atoms with E-state index in [4.69, 9.17) is 54.0 Å². The number of nitrogens with zero attached hydrogens (tertiary/aromatic N) is 5. The minimum Gasteiger partial charge on any atom is -0.382 e. The van der Waals surface area contributed by atoms with Crippen LogP contribution in [-0.4, -0.2) is 91.9 Å². The maximum absolute atomic E-state index is 14.0. The summed E-state index contributed by atoms with van der Waals surface area (Å²) in [5.74, 6) is 0.149. The third-order valence-corrected chi connectivity index (χ3v) is 11.4. The molecule has 2 bridgehead atoms. The molecule has 2 unspecified atom stereocenters. The van der Waals surface area contributed by atoms with Crippen molar-refractivity contribution in [2.75, 3.05) is 33.2 Å². The van der Waals surface area contributed by atoms with Crippen molar-refractivity contribution in [1.82, 2.24) is 29.1 Å². The molecule has 19 nitrogen and oxygen atoms in total. The number of aromatic amines is 1. The molecule has 3 aromatic rings. The fourth-order valence-corrected chi connectivity index (χ4v) is 9.07.